The largest absolute Gasteiger partial charge is 2.00 e. The molecule has 0 fully saturated rings. The average molecular weight is 510 g/mol. The summed E-state index contributed by atoms with van der Waals surface area (Å²) in [5, 5.41) is 18.8. The number of hydrogen-bond donors (Lipinski definition) is 4. The SMILES string of the molecule is NC(c1cccc(O)c1)C(N)c1cccc(O)c1.[Cl-].[Cl-].[Pt+2]. The summed E-state index contributed by atoms with van der Waals surface area (Å²) in [4.78, 5) is 0. The maximum atomic E-state index is 9.42. The van der Waals surface area contributed by atoms with Gasteiger partial charge in [-0.25, -0.2) is 0 Å². The molecule has 21 heavy (non-hydrogen) atoms. The molecule has 118 valence electrons. The van der Waals surface area contributed by atoms with E-state index in [0.29, 0.717) is 0 Å². The minimum Gasteiger partial charge on any atom is -1.00 e. The van der Waals surface area contributed by atoms with Gasteiger partial charge in [-0.05, 0) is 35.4 Å². The fourth-order valence-electron chi connectivity index (χ4n) is 1.88. The summed E-state index contributed by atoms with van der Waals surface area (Å²) in [7, 11) is 0. The molecule has 0 heterocycles. The molecule has 2 aromatic carbocycles. The number of phenolic OH excluding ortho intramolecular Hbond substituents is 2. The fourth-order valence-corrected chi connectivity index (χ4v) is 1.88. The molecule has 2 aromatic rings. The molecular formula is C14H16Cl2N2O2Pt. The van der Waals surface area contributed by atoms with Gasteiger partial charge >= 0.3 is 21.1 Å². The Labute approximate surface area is 150 Å². The van der Waals surface area contributed by atoms with Crippen molar-refractivity contribution >= 4 is 0 Å². The molecule has 0 spiro atoms. The van der Waals surface area contributed by atoms with Crippen LogP contribution in [-0.2, 0) is 21.1 Å². The maximum Gasteiger partial charge on any atom is 2.00 e. The van der Waals surface area contributed by atoms with Crippen molar-refractivity contribution in [2.45, 2.75) is 12.1 Å². The first-order chi connectivity index (χ1) is 8.58. The normalized spacial score (nSPS) is 12.1. The molecule has 2 rings (SSSR count). The summed E-state index contributed by atoms with van der Waals surface area (Å²) in [6, 6.07) is 12.5. The zero-order chi connectivity index (χ0) is 13.1. The minimum atomic E-state index is -0.445. The second-order valence-electron chi connectivity index (χ2n) is 4.24. The van der Waals surface area contributed by atoms with Gasteiger partial charge in [0.05, 0.1) is 0 Å². The van der Waals surface area contributed by atoms with E-state index in [-0.39, 0.29) is 57.4 Å². The third-order valence-electron chi connectivity index (χ3n) is 2.90. The molecule has 0 radical (unpaired) electrons. The Kier molecular flexibility index (Phi) is 10.8. The summed E-state index contributed by atoms with van der Waals surface area (Å²) in [6.45, 7) is 0. The van der Waals surface area contributed by atoms with Crippen LogP contribution in [0.25, 0.3) is 0 Å². The molecule has 0 aromatic heterocycles. The van der Waals surface area contributed by atoms with Gasteiger partial charge in [-0.3, -0.25) is 0 Å². The van der Waals surface area contributed by atoms with Crippen LogP contribution < -0.4 is 36.3 Å². The number of rotatable bonds is 3. The number of halogens is 2. The van der Waals surface area contributed by atoms with Crippen LogP contribution in [0, 0.1) is 0 Å². The number of nitrogens with two attached hydrogens (primary N) is 2. The monoisotopic (exact) mass is 509 g/mol. The van der Waals surface area contributed by atoms with Crippen molar-refractivity contribution in [1.82, 2.24) is 0 Å². The Morgan fingerprint density at radius 2 is 1.05 bits per heavy atom. The average Bonchev–Trinajstić information content (AvgIpc) is 2.37. The second-order valence-corrected chi connectivity index (χ2v) is 4.24. The molecular weight excluding hydrogens is 494 g/mol. The Morgan fingerprint density at radius 1 is 0.714 bits per heavy atom. The van der Waals surface area contributed by atoms with E-state index in [1.165, 1.54) is 0 Å². The van der Waals surface area contributed by atoms with Gasteiger partial charge < -0.3 is 46.5 Å². The first-order valence-corrected chi connectivity index (χ1v) is 5.67. The maximum absolute atomic E-state index is 9.42. The quantitative estimate of drug-likeness (QED) is 0.337. The van der Waals surface area contributed by atoms with E-state index in [1.54, 1.807) is 36.4 Å². The standard InChI is InChI=1S/C14H16N2O2.2ClH.Pt/c15-13(9-3-1-5-11(17)7-9)14(16)10-4-2-6-12(18)8-10;;;/h1-8,13-14,17-18H,15-16H2;2*1H;/q;;;+2/p-2. The molecule has 2 atom stereocenters. The third kappa shape index (κ3) is 5.85. The van der Waals surface area contributed by atoms with Crippen LogP contribution in [0.1, 0.15) is 23.2 Å². The van der Waals surface area contributed by atoms with Crippen LogP contribution in [0.2, 0.25) is 0 Å². The van der Waals surface area contributed by atoms with E-state index in [9.17, 15) is 10.2 Å². The molecule has 0 saturated carbocycles. The first kappa shape index (κ1) is 22.5. The number of hydrogen-bond acceptors (Lipinski definition) is 4. The van der Waals surface area contributed by atoms with E-state index in [4.69, 9.17) is 11.5 Å². The second kappa shape index (κ2) is 10.0. The molecule has 0 aliphatic carbocycles. The molecule has 2 unspecified atom stereocenters. The molecule has 0 bridgehead atoms. The number of phenols is 2. The van der Waals surface area contributed by atoms with Crippen molar-refractivity contribution in [3.05, 3.63) is 59.7 Å². The van der Waals surface area contributed by atoms with Gasteiger partial charge in [0.1, 0.15) is 11.5 Å². The van der Waals surface area contributed by atoms with E-state index < -0.39 is 12.1 Å². The van der Waals surface area contributed by atoms with Gasteiger partial charge in [-0.1, -0.05) is 24.3 Å². The molecule has 0 aliphatic heterocycles. The summed E-state index contributed by atoms with van der Waals surface area (Å²) >= 11 is 0. The minimum absolute atomic E-state index is 0. The van der Waals surface area contributed by atoms with Gasteiger partial charge in [0, 0.05) is 12.1 Å². The first-order valence-electron chi connectivity index (χ1n) is 5.67. The van der Waals surface area contributed by atoms with Gasteiger partial charge in [-0.15, -0.1) is 0 Å². The van der Waals surface area contributed by atoms with Crippen LogP contribution >= 0.6 is 0 Å². The van der Waals surface area contributed by atoms with Gasteiger partial charge in [0.25, 0.3) is 0 Å². The summed E-state index contributed by atoms with van der Waals surface area (Å²) in [5.41, 5.74) is 13.7. The van der Waals surface area contributed by atoms with Crippen molar-refractivity contribution in [3.8, 4) is 11.5 Å². The third-order valence-corrected chi connectivity index (χ3v) is 2.90. The fraction of sp³-hybridized carbons (Fsp3) is 0.143. The van der Waals surface area contributed by atoms with E-state index >= 15 is 0 Å². The van der Waals surface area contributed by atoms with Gasteiger partial charge in [-0.2, -0.15) is 0 Å². The van der Waals surface area contributed by atoms with Gasteiger partial charge in [0.2, 0.25) is 0 Å². The van der Waals surface area contributed by atoms with E-state index in [2.05, 4.69) is 0 Å². The van der Waals surface area contributed by atoms with Crippen molar-refractivity contribution in [3.63, 3.8) is 0 Å². The van der Waals surface area contributed by atoms with E-state index in [0.717, 1.165) is 11.1 Å². The molecule has 6 N–H and O–H groups in total. The molecule has 0 saturated heterocycles. The summed E-state index contributed by atoms with van der Waals surface area (Å²) in [5.74, 6) is 0.317. The predicted molar refractivity (Wildman–Crippen MR) is 70.1 cm³/mol. The number of aromatic hydroxyl groups is 2. The Hall–Kier alpha value is -0.772. The predicted octanol–water partition coefficient (Wildman–Crippen LogP) is -4.20. The Bertz CT molecular complexity index is 509. The van der Waals surface area contributed by atoms with Crippen molar-refractivity contribution in [2.75, 3.05) is 0 Å². The van der Waals surface area contributed by atoms with Crippen LogP contribution in [-0.4, -0.2) is 10.2 Å². The Balaban J connectivity index is 0. The molecule has 0 amide bonds. The molecule has 4 nitrogen and oxygen atoms in total. The van der Waals surface area contributed by atoms with Crippen LogP contribution in [0.4, 0.5) is 0 Å². The zero-order valence-electron chi connectivity index (χ0n) is 10.9. The van der Waals surface area contributed by atoms with Gasteiger partial charge in [0.15, 0.2) is 0 Å². The molecule has 0 aliphatic rings. The van der Waals surface area contributed by atoms with E-state index in [1.807, 2.05) is 12.1 Å². The molecule has 7 heteroatoms. The number of benzene rings is 2. The Morgan fingerprint density at radius 3 is 1.33 bits per heavy atom. The summed E-state index contributed by atoms with van der Waals surface area (Å²) in [6.07, 6.45) is 0. The zero-order valence-corrected chi connectivity index (χ0v) is 14.7. The smallest absolute Gasteiger partial charge is 1.00 e. The summed E-state index contributed by atoms with van der Waals surface area (Å²) < 4.78 is 0. The van der Waals surface area contributed by atoms with Crippen LogP contribution in [0.5, 0.6) is 11.5 Å². The van der Waals surface area contributed by atoms with Crippen molar-refractivity contribution in [1.29, 1.82) is 0 Å². The van der Waals surface area contributed by atoms with Crippen molar-refractivity contribution in [2.24, 2.45) is 11.5 Å². The van der Waals surface area contributed by atoms with Crippen LogP contribution in [0.3, 0.4) is 0 Å². The van der Waals surface area contributed by atoms with Crippen LogP contribution in [0.15, 0.2) is 48.5 Å². The van der Waals surface area contributed by atoms with Crippen molar-refractivity contribution < 1.29 is 56.1 Å². The topological polar surface area (TPSA) is 92.5 Å².